The molecular weight excluding hydrogens is 224 g/mol. The summed E-state index contributed by atoms with van der Waals surface area (Å²) < 4.78 is 2.02. The molecule has 1 fully saturated rings. The van der Waals surface area contributed by atoms with Gasteiger partial charge < -0.3 is 11.1 Å². The van der Waals surface area contributed by atoms with Gasteiger partial charge in [-0.1, -0.05) is 19.3 Å². The number of anilines is 2. The molecule has 1 aromatic heterocycles. The van der Waals surface area contributed by atoms with Crippen molar-refractivity contribution in [3.05, 3.63) is 5.69 Å². The molecule has 4 nitrogen and oxygen atoms in total. The summed E-state index contributed by atoms with van der Waals surface area (Å²) in [5.41, 5.74) is 8.07. The summed E-state index contributed by atoms with van der Waals surface area (Å²) in [6.07, 6.45) is 6.40. The van der Waals surface area contributed by atoms with Gasteiger partial charge in [0.2, 0.25) is 0 Å². The van der Waals surface area contributed by atoms with Gasteiger partial charge in [0, 0.05) is 11.6 Å². The molecule has 4 heteroatoms. The molecule has 1 aromatic rings. The number of rotatable bonds is 3. The molecular formula is C14H26N4. The summed E-state index contributed by atoms with van der Waals surface area (Å²) in [4.78, 5) is 0. The highest BCUT2D eigenvalue weighted by Gasteiger charge is 2.29. The average molecular weight is 250 g/mol. The van der Waals surface area contributed by atoms with E-state index in [1.54, 1.807) is 0 Å². The lowest BCUT2D eigenvalue weighted by molar-refractivity contribution is 0.345. The number of nitrogens with zero attached hydrogens (tertiary/aromatic N) is 2. The maximum absolute atomic E-state index is 6.17. The summed E-state index contributed by atoms with van der Waals surface area (Å²) >= 11 is 0. The van der Waals surface area contributed by atoms with Gasteiger partial charge in [-0.2, -0.15) is 5.10 Å². The molecule has 3 N–H and O–H groups in total. The topological polar surface area (TPSA) is 55.9 Å². The maximum Gasteiger partial charge on any atom is 0.148 e. The molecule has 0 aliphatic heterocycles. The van der Waals surface area contributed by atoms with E-state index in [1.165, 1.54) is 32.1 Å². The van der Waals surface area contributed by atoms with E-state index in [0.29, 0.717) is 6.04 Å². The number of hydrogen-bond donors (Lipinski definition) is 2. The van der Waals surface area contributed by atoms with Crippen molar-refractivity contribution in [3.8, 4) is 0 Å². The molecule has 1 saturated carbocycles. The van der Waals surface area contributed by atoms with E-state index in [4.69, 9.17) is 5.73 Å². The van der Waals surface area contributed by atoms with Crippen molar-refractivity contribution in [2.45, 2.75) is 71.4 Å². The van der Waals surface area contributed by atoms with Gasteiger partial charge in [-0.15, -0.1) is 0 Å². The Morgan fingerprint density at radius 2 is 1.89 bits per heavy atom. The number of nitrogens with two attached hydrogens (primary N) is 1. The Labute approximate surface area is 110 Å². The fraction of sp³-hybridized carbons (Fsp3) is 0.786. The number of hydrogen-bond acceptors (Lipinski definition) is 3. The van der Waals surface area contributed by atoms with Crippen LogP contribution in [0.3, 0.4) is 0 Å². The Bertz CT molecular complexity index is 414. The van der Waals surface area contributed by atoms with Gasteiger partial charge in [0.15, 0.2) is 0 Å². The molecule has 2 rings (SSSR count). The van der Waals surface area contributed by atoms with E-state index in [0.717, 1.165) is 17.2 Å². The van der Waals surface area contributed by atoms with E-state index in [-0.39, 0.29) is 5.54 Å². The third-order valence-electron chi connectivity index (χ3n) is 4.00. The van der Waals surface area contributed by atoms with Gasteiger partial charge >= 0.3 is 0 Å². The molecule has 0 atom stereocenters. The second-order valence-corrected chi connectivity index (χ2v) is 6.13. The Morgan fingerprint density at radius 1 is 1.28 bits per heavy atom. The Kier molecular flexibility index (Phi) is 3.55. The van der Waals surface area contributed by atoms with Gasteiger partial charge in [0.1, 0.15) is 5.82 Å². The molecule has 0 saturated heterocycles. The zero-order chi connectivity index (χ0) is 13.3. The van der Waals surface area contributed by atoms with Crippen LogP contribution in [0.5, 0.6) is 0 Å². The van der Waals surface area contributed by atoms with Gasteiger partial charge in [0.05, 0.1) is 11.4 Å². The lowest BCUT2D eigenvalue weighted by Crippen LogP contribution is -2.38. The summed E-state index contributed by atoms with van der Waals surface area (Å²) in [6.45, 7) is 8.56. The summed E-state index contributed by atoms with van der Waals surface area (Å²) in [6, 6.07) is 0.329. The van der Waals surface area contributed by atoms with Crippen molar-refractivity contribution in [1.82, 2.24) is 9.78 Å². The molecule has 1 heterocycles. The minimum atomic E-state index is 0.172. The molecule has 0 amide bonds. The average Bonchev–Trinajstić information content (AvgIpc) is 2.58. The van der Waals surface area contributed by atoms with Crippen LogP contribution in [0.2, 0.25) is 0 Å². The van der Waals surface area contributed by atoms with Crippen molar-refractivity contribution >= 4 is 11.5 Å². The van der Waals surface area contributed by atoms with E-state index in [1.807, 2.05) is 11.6 Å². The molecule has 0 spiro atoms. The zero-order valence-corrected chi connectivity index (χ0v) is 12.1. The predicted octanol–water partition coefficient (Wildman–Crippen LogP) is 3.49. The summed E-state index contributed by atoms with van der Waals surface area (Å²) in [7, 11) is 0. The fourth-order valence-corrected chi connectivity index (χ4v) is 2.80. The number of nitrogen functional groups attached to an aromatic ring is 1. The minimum Gasteiger partial charge on any atom is -0.394 e. The lowest BCUT2D eigenvalue weighted by atomic mass is 9.83. The van der Waals surface area contributed by atoms with E-state index in [9.17, 15) is 0 Å². The fourth-order valence-electron chi connectivity index (χ4n) is 2.80. The molecule has 0 bridgehead atoms. The van der Waals surface area contributed by atoms with Crippen LogP contribution >= 0.6 is 0 Å². The third kappa shape index (κ3) is 2.47. The number of aryl methyl sites for hydroxylation is 1. The molecule has 0 aromatic carbocycles. The monoisotopic (exact) mass is 250 g/mol. The van der Waals surface area contributed by atoms with Crippen LogP contribution in [0.25, 0.3) is 0 Å². The Balaban J connectivity index is 2.27. The molecule has 1 aliphatic rings. The van der Waals surface area contributed by atoms with Crippen molar-refractivity contribution in [3.63, 3.8) is 0 Å². The second kappa shape index (κ2) is 4.82. The first-order chi connectivity index (χ1) is 8.43. The van der Waals surface area contributed by atoms with E-state index >= 15 is 0 Å². The standard InChI is InChI=1S/C14H26N4/c1-10(2)18-13(12(15)11(3)17-18)16-14(4)8-6-5-7-9-14/h10,16H,5-9,15H2,1-4H3. The summed E-state index contributed by atoms with van der Waals surface area (Å²) in [5.74, 6) is 1.01. The molecule has 0 radical (unpaired) electrons. The largest absolute Gasteiger partial charge is 0.394 e. The lowest BCUT2D eigenvalue weighted by Gasteiger charge is -2.36. The van der Waals surface area contributed by atoms with Crippen LogP contribution in [-0.4, -0.2) is 15.3 Å². The quantitative estimate of drug-likeness (QED) is 0.863. The van der Waals surface area contributed by atoms with E-state index in [2.05, 4.69) is 31.2 Å². The zero-order valence-electron chi connectivity index (χ0n) is 12.1. The molecule has 18 heavy (non-hydrogen) atoms. The Hall–Kier alpha value is -1.19. The second-order valence-electron chi connectivity index (χ2n) is 6.13. The number of nitrogens with one attached hydrogen (secondary N) is 1. The molecule has 1 aliphatic carbocycles. The predicted molar refractivity (Wildman–Crippen MR) is 76.9 cm³/mol. The normalized spacial score (nSPS) is 19.2. The van der Waals surface area contributed by atoms with Crippen molar-refractivity contribution < 1.29 is 0 Å². The highest BCUT2D eigenvalue weighted by atomic mass is 15.4. The van der Waals surface area contributed by atoms with Crippen LogP contribution in [0.4, 0.5) is 11.5 Å². The first-order valence-electron chi connectivity index (χ1n) is 7.06. The first kappa shape index (κ1) is 13.2. The SMILES string of the molecule is Cc1nn(C(C)C)c(NC2(C)CCCCC2)c1N. The van der Waals surface area contributed by atoms with Crippen LogP contribution in [-0.2, 0) is 0 Å². The van der Waals surface area contributed by atoms with Gasteiger partial charge in [-0.25, -0.2) is 4.68 Å². The smallest absolute Gasteiger partial charge is 0.148 e. The van der Waals surface area contributed by atoms with Gasteiger partial charge in [0.25, 0.3) is 0 Å². The first-order valence-corrected chi connectivity index (χ1v) is 7.06. The summed E-state index contributed by atoms with van der Waals surface area (Å²) in [5, 5.41) is 8.21. The highest BCUT2D eigenvalue weighted by molar-refractivity contribution is 5.65. The van der Waals surface area contributed by atoms with Gasteiger partial charge in [-0.05, 0) is 40.5 Å². The van der Waals surface area contributed by atoms with Crippen LogP contribution in [0.15, 0.2) is 0 Å². The van der Waals surface area contributed by atoms with Crippen LogP contribution in [0.1, 0.15) is 64.6 Å². The molecule has 102 valence electrons. The Morgan fingerprint density at radius 3 is 2.44 bits per heavy atom. The van der Waals surface area contributed by atoms with Crippen LogP contribution < -0.4 is 11.1 Å². The van der Waals surface area contributed by atoms with Gasteiger partial charge in [-0.3, -0.25) is 0 Å². The molecule has 0 unspecified atom stereocenters. The van der Waals surface area contributed by atoms with Crippen LogP contribution in [0, 0.1) is 6.92 Å². The van der Waals surface area contributed by atoms with Crippen molar-refractivity contribution in [2.24, 2.45) is 0 Å². The third-order valence-corrected chi connectivity index (χ3v) is 4.00. The van der Waals surface area contributed by atoms with E-state index < -0.39 is 0 Å². The minimum absolute atomic E-state index is 0.172. The number of aromatic nitrogens is 2. The highest BCUT2D eigenvalue weighted by Crippen LogP contribution is 2.34. The van der Waals surface area contributed by atoms with Crippen molar-refractivity contribution in [2.75, 3.05) is 11.1 Å². The van der Waals surface area contributed by atoms with Crippen molar-refractivity contribution in [1.29, 1.82) is 0 Å². The maximum atomic E-state index is 6.17.